The number of alkyl halides is 3. The molecule has 0 radical (unpaired) electrons. The van der Waals surface area contributed by atoms with Crippen LogP contribution < -0.4 is 5.73 Å². The summed E-state index contributed by atoms with van der Waals surface area (Å²) < 4.78 is 42.1. The average molecular weight is 645 g/mol. The van der Waals surface area contributed by atoms with E-state index in [4.69, 9.17) is 5.73 Å². The highest BCUT2D eigenvalue weighted by Crippen LogP contribution is 2.63. The third kappa shape index (κ3) is 5.06. The average Bonchev–Trinajstić information content (AvgIpc) is 3.32. The predicted octanol–water partition coefficient (Wildman–Crippen LogP) is 5.09. The van der Waals surface area contributed by atoms with E-state index in [0.29, 0.717) is 40.3 Å². The molecule has 1 aliphatic carbocycles. The number of fused-ring (bicyclic) bond motifs is 2. The molecule has 3 aromatic rings. The number of hydrogen-bond acceptors (Lipinski definition) is 7. The molecular formula is C28H30Cl2F3N5O3S. The maximum Gasteiger partial charge on any atom is 0.433 e. The number of aryl methyl sites for hydroxylation is 1. The van der Waals surface area contributed by atoms with Gasteiger partial charge in [0, 0.05) is 29.7 Å². The number of halogens is 5. The summed E-state index contributed by atoms with van der Waals surface area (Å²) in [6.07, 6.45) is -2.52. The predicted molar refractivity (Wildman–Crippen MR) is 156 cm³/mol. The Hall–Kier alpha value is -2.80. The summed E-state index contributed by atoms with van der Waals surface area (Å²) in [6.45, 7) is 6.69. The summed E-state index contributed by atoms with van der Waals surface area (Å²) in [7, 11) is 0. The van der Waals surface area contributed by atoms with Crippen LogP contribution in [0.5, 0.6) is 0 Å². The smallest absolute Gasteiger partial charge is 0.338 e. The molecule has 3 atom stereocenters. The number of piperidine rings is 1. The summed E-state index contributed by atoms with van der Waals surface area (Å²) in [5, 5.41) is 0. The van der Waals surface area contributed by atoms with Gasteiger partial charge in [-0.05, 0) is 55.0 Å². The van der Waals surface area contributed by atoms with Gasteiger partial charge in [-0.15, -0.1) is 36.2 Å². The highest BCUT2D eigenvalue weighted by Gasteiger charge is 2.72. The van der Waals surface area contributed by atoms with Crippen molar-refractivity contribution in [3.8, 4) is 11.3 Å². The zero-order chi connectivity index (χ0) is 28.7. The zero-order valence-electron chi connectivity index (χ0n) is 23.0. The molecule has 3 fully saturated rings. The molecule has 5 heterocycles. The van der Waals surface area contributed by atoms with Crippen molar-refractivity contribution in [2.75, 3.05) is 19.6 Å². The number of carbonyl (C=O) groups excluding carboxylic acids is 3. The molecule has 226 valence electrons. The van der Waals surface area contributed by atoms with E-state index in [0.717, 1.165) is 12.5 Å². The Bertz CT molecular complexity index is 1570. The van der Waals surface area contributed by atoms with Crippen molar-refractivity contribution >= 4 is 64.1 Å². The van der Waals surface area contributed by atoms with Crippen molar-refractivity contribution in [1.29, 1.82) is 0 Å². The van der Waals surface area contributed by atoms with Crippen molar-refractivity contribution in [1.82, 2.24) is 19.8 Å². The standard InChI is InChI=1S/C28H28F3N5O3S.2ClH/c1-13-8-18(28(29,30)31)34-22(19(13)24(37)35-7-5-14(10-32)11-35)16-4-6-33-17-9-15(40-23(16)17)12-36-25(38)20-21(26(36)39)27(20,2)3;;/h4,6,8-9,14,20-21H,5,7,10-12,32H2,1-3H3;2*1H/t14-,20?,21?;;/m1../s1. The van der Waals surface area contributed by atoms with Gasteiger partial charge in [0.25, 0.3) is 5.91 Å². The molecule has 42 heavy (non-hydrogen) atoms. The lowest BCUT2D eigenvalue weighted by molar-refractivity contribution is -0.144. The van der Waals surface area contributed by atoms with E-state index in [1.165, 1.54) is 29.4 Å². The third-order valence-electron chi connectivity index (χ3n) is 8.55. The minimum absolute atomic E-state index is 0. The highest BCUT2D eigenvalue weighted by molar-refractivity contribution is 7.19. The lowest BCUT2D eigenvalue weighted by Crippen LogP contribution is -2.35. The number of likely N-dealkylation sites (tertiary alicyclic amines) is 2. The van der Waals surface area contributed by atoms with Crippen molar-refractivity contribution < 1.29 is 27.6 Å². The number of hydrogen-bond donors (Lipinski definition) is 1. The largest absolute Gasteiger partial charge is 0.433 e. The number of rotatable bonds is 5. The van der Waals surface area contributed by atoms with Gasteiger partial charge in [0.2, 0.25) is 11.8 Å². The third-order valence-corrected chi connectivity index (χ3v) is 9.69. The second-order valence-corrected chi connectivity index (χ2v) is 12.6. The Morgan fingerprint density at radius 2 is 1.83 bits per heavy atom. The molecule has 0 aromatic carbocycles. The minimum atomic E-state index is -4.71. The molecule has 2 N–H and O–H groups in total. The second-order valence-electron chi connectivity index (χ2n) is 11.5. The van der Waals surface area contributed by atoms with Gasteiger partial charge in [-0.1, -0.05) is 13.8 Å². The van der Waals surface area contributed by atoms with E-state index >= 15 is 0 Å². The second kappa shape index (κ2) is 11.0. The summed E-state index contributed by atoms with van der Waals surface area (Å²) in [4.78, 5) is 51.3. The Morgan fingerprint density at radius 3 is 2.43 bits per heavy atom. The first-order valence-electron chi connectivity index (χ1n) is 13.1. The van der Waals surface area contributed by atoms with Gasteiger partial charge >= 0.3 is 6.18 Å². The van der Waals surface area contributed by atoms with Crippen LogP contribution in [-0.2, 0) is 22.3 Å². The maximum absolute atomic E-state index is 13.9. The molecule has 0 bridgehead atoms. The first kappa shape index (κ1) is 32.1. The first-order chi connectivity index (χ1) is 18.8. The van der Waals surface area contributed by atoms with Crippen molar-refractivity contribution in [2.24, 2.45) is 28.9 Å². The van der Waals surface area contributed by atoms with Gasteiger partial charge in [0.05, 0.1) is 39.9 Å². The van der Waals surface area contributed by atoms with Gasteiger partial charge in [-0.3, -0.25) is 24.3 Å². The highest BCUT2D eigenvalue weighted by atomic mass is 35.5. The summed E-state index contributed by atoms with van der Waals surface area (Å²) in [5.74, 6) is -1.27. The van der Waals surface area contributed by atoms with Crippen LogP contribution in [0.25, 0.3) is 21.5 Å². The molecular weight excluding hydrogens is 614 g/mol. The Balaban J connectivity index is 0.00000202. The summed E-state index contributed by atoms with van der Waals surface area (Å²) in [5.41, 5.74) is 5.43. The van der Waals surface area contributed by atoms with Crippen molar-refractivity contribution in [3.05, 3.63) is 46.1 Å². The number of pyridine rings is 2. The number of imide groups is 1. The fourth-order valence-electron chi connectivity index (χ4n) is 6.22. The molecule has 2 aliphatic heterocycles. The van der Waals surface area contributed by atoms with Gasteiger partial charge in [0.1, 0.15) is 5.69 Å². The van der Waals surface area contributed by atoms with E-state index in [1.54, 1.807) is 17.0 Å². The van der Waals surface area contributed by atoms with Crippen molar-refractivity contribution in [3.63, 3.8) is 0 Å². The Kier molecular flexibility index (Phi) is 8.44. The number of amides is 3. The SMILES string of the molecule is Cc1cc(C(F)(F)F)nc(-c2ccnc3cc(CN4C(=O)C5C(C4=O)C5(C)C)sc23)c1C(=O)N1CC[C@H](CN)C1.Cl.Cl. The molecule has 6 rings (SSSR count). The zero-order valence-corrected chi connectivity index (χ0v) is 25.5. The molecule has 3 aromatic heterocycles. The quantitative estimate of drug-likeness (QED) is 0.388. The minimum Gasteiger partial charge on any atom is -0.338 e. The fourth-order valence-corrected chi connectivity index (χ4v) is 7.34. The van der Waals surface area contributed by atoms with Gasteiger partial charge in [0.15, 0.2) is 0 Å². The summed E-state index contributed by atoms with van der Waals surface area (Å²) >= 11 is 1.23. The number of nitrogens with two attached hydrogens (primary N) is 1. The number of aromatic nitrogens is 2. The first-order valence-corrected chi connectivity index (χ1v) is 14.0. The number of carbonyl (C=O) groups is 3. The molecule has 0 spiro atoms. The molecule has 1 saturated carbocycles. The number of nitrogens with zero attached hydrogens (tertiary/aromatic N) is 4. The van der Waals surface area contributed by atoms with Gasteiger partial charge in [-0.25, -0.2) is 4.98 Å². The van der Waals surface area contributed by atoms with Crippen LogP contribution in [0, 0.1) is 30.1 Å². The van der Waals surface area contributed by atoms with E-state index in [9.17, 15) is 27.6 Å². The summed E-state index contributed by atoms with van der Waals surface area (Å²) in [6, 6.07) is 4.19. The van der Waals surface area contributed by atoms with Gasteiger partial charge < -0.3 is 10.6 Å². The Morgan fingerprint density at radius 1 is 1.17 bits per heavy atom. The van der Waals surface area contributed by atoms with E-state index < -0.39 is 11.9 Å². The maximum atomic E-state index is 13.9. The topological polar surface area (TPSA) is 109 Å². The van der Waals surface area contributed by atoms with E-state index in [-0.39, 0.29) is 89.1 Å². The fraction of sp³-hybridized carbons (Fsp3) is 0.464. The molecule has 3 amide bonds. The van der Waals surface area contributed by atoms with Crippen LogP contribution in [0.3, 0.4) is 0 Å². The van der Waals surface area contributed by atoms with E-state index in [2.05, 4.69) is 9.97 Å². The van der Waals surface area contributed by atoms with Crippen LogP contribution in [0.4, 0.5) is 13.2 Å². The Labute approximate surface area is 256 Å². The molecule has 2 unspecified atom stereocenters. The van der Waals surface area contributed by atoms with Crippen LogP contribution in [0.2, 0.25) is 0 Å². The molecule has 8 nitrogen and oxygen atoms in total. The van der Waals surface area contributed by atoms with Crippen LogP contribution in [0.15, 0.2) is 24.4 Å². The van der Waals surface area contributed by atoms with E-state index in [1.807, 2.05) is 13.8 Å². The van der Waals surface area contributed by atoms with Crippen LogP contribution in [-0.4, -0.2) is 57.1 Å². The normalized spacial score (nSPS) is 22.7. The van der Waals surface area contributed by atoms with Crippen LogP contribution >= 0.6 is 36.2 Å². The lowest BCUT2D eigenvalue weighted by Gasteiger charge is -2.21. The molecule has 14 heteroatoms. The molecule has 3 aliphatic rings. The van der Waals surface area contributed by atoms with Crippen LogP contribution in [0.1, 0.15) is 46.8 Å². The number of thiophene rings is 1. The molecule has 2 saturated heterocycles. The monoisotopic (exact) mass is 643 g/mol. The lowest BCUT2D eigenvalue weighted by atomic mass is 9.99. The van der Waals surface area contributed by atoms with Gasteiger partial charge in [-0.2, -0.15) is 13.2 Å². The van der Waals surface area contributed by atoms with Crippen molar-refractivity contribution in [2.45, 2.75) is 39.9 Å².